The lowest BCUT2D eigenvalue weighted by Gasteiger charge is -2.15. The van der Waals surface area contributed by atoms with Crippen LogP contribution in [0.1, 0.15) is 6.92 Å². The highest BCUT2D eigenvalue weighted by atomic mass is 79.9. The highest BCUT2D eigenvalue weighted by Crippen LogP contribution is 2.18. The van der Waals surface area contributed by atoms with Crippen molar-refractivity contribution in [3.05, 3.63) is 11.6 Å². The zero-order valence-corrected chi connectivity index (χ0v) is 9.26. The van der Waals surface area contributed by atoms with Crippen LogP contribution in [0, 0.1) is 0 Å². The van der Waals surface area contributed by atoms with E-state index in [1.807, 2.05) is 6.92 Å². The summed E-state index contributed by atoms with van der Waals surface area (Å²) in [5, 5.41) is -0.689. The summed E-state index contributed by atoms with van der Waals surface area (Å²) >= 11 is 3.34. The average molecular weight is 252 g/mol. The van der Waals surface area contributed by atoms with Crippen molar-refractivity contribution in [2.24, 2.45) is 4.99 Å². The van der Waals surface area contributed by atoms with E-state index in [9.17, 15) is 8.42 Å². The number of hydrogen-bond acceptors (Lipinski definition) is 3. The monoisotopic (exact) mass is 251 g/mol. The summed E-state index contributed by atoms with van der Waals surface area (Å²) in [6.45, 7) is 1.88. The summed E-state index contributed by atoms with van der Waals surface area (Å²) in [4.78, 5) is 3.98. The Bertz CT molecular complexity index is 331. The van der Waals surface area contributed by atoms with Gasteiger partial charge in [0, 0.05) is 12.5 Å². The number of rotatable bonds is 1. The smallest absolute Gasteiger partial charge is 0.174 e. The first-order valence-electron chi connectivity index (χ1n) is 3.46. The summed E-state index contributed by atoms with van der Waals surface area (Å²) in [5.41, 5.74) is 0.987. The van der Waals surface area contributed by atoms with Gasteiger partial charge >= 0.3 is 0 Å². The molecule has 68 valence electrons. The van der Waals surface area contributed by atoms with Crippen molar-refractivity contribution in [2.45, 2.75) is 17.1 Å². The highest BCUT2D eigenvalue weighted by molar-refractivity contribution is 9.10. The highest BCUT2D eigenvalue weighted by Gasteiger charge is 2.21. The molecule has 0 saturated carbocycles. The molecule has 0 radical (unpaired) electrons. The number of allylic oxidation sites excluding steroid dienone is 1. The fourth-order valence-corrected chi connectivity index (χ4v) is 1.91. The predicted molar refractivity (Wildman–Crippen MR) is 53.6 cm³/mol. The summed E-state index contributed by atoms with van der Waals surface area (Å²) in [6, 6.07) is 0. The molecule has 0 amide bonds. The molecular weight excluding hydrogens is 242 g/mol. The normalized spacial score (nSPS) is 30.1. The van der Waals surface area contributed by atoms with Crippen LogP contribution in [-0.4, -0.2) is 31.1 Å². The van der Waals surface area contributed by atoms with Gasteiger partial charge < -0.3 is 0 Å². The molecule has 2 unspecified atom stereocenters. The van der Waals surface area contributed by atoms with Crippen LogP contribution in [0.4, 0.5) is 0 Å². The molecule has 1 aliphatic heterocycles. The number of dihydropyridines is 1. The molecule has 12 heavy (non-hydrogen) atoms. The lowest BCUT2D eigenvalue weighted by Crippen LogP contribution is -2.21. The molecule has 1 aliphatic rings. The van der Waals surface area contributed by atoms with Crippen molar-refractivity contribution < 1.29 is 8.42 Å². The summed E-state index contributed by atoms with van der Waals surface area (Å²) < 4.78 is 22.1. The molecule has 0 aliphatic carbocycles. The lowest BCUT2D eigenvalue weighted by atomic mass is 10.2. The van der Waals surface area contributed by atoms with Crippen LogP contribution in [0.5, 0.6) is 0 Å². The third kappa shape index (κ3) is 2.17. The van der Waals surface area contributed by atoms with Gasteiger partial charge in [-0.1, -0.05) is 21.5 Å². The van der Waals surface area contributed by atoms with Gasteiger partial charge in [0.1, 0.15) is 0 Å². The average Bonchev–Trinajstić information content (AvgIpc) is 1.92. The van der Waals surface area contributed by atoms with Gasteiger partial charge in [-0.2, -0.15) is 0 Å². The number of sulfone groups is 1. The minimum absolute atomic E-state index is 0.0792. The molecular formula is C7H10BrNO2S. The van der Waals surface area contributed by atoms with Gasteiger partial charge in [0.05, 0.1) is 4.83 Å². The fraction of sp³-hybridized carbons (Fsp3) is 0.571. The Kier molecular flexibility index (Phi) is 2.73. The molecule has 1 heterocycles. The maximum atomic E-state index is 11.1. The second-order valence-electron chi connectivity index (χ2n) is 2.83. The second kappa shape index (κ2) is 3.30. The van der Waals surface area contributed by atoms with E-state index in [-0.39, 0.29) is 4.83 Å². The maximum Gasteiger partial charge on any atom is 0.174 e. The van der Waals surface area contributed by atoms with Gasteiger partial charge in [0.2, 0.25) is 0 Å². The van der Waals surface area contributed by atoms with Gasteiger partial charge in [0.25, 0.3) is 0 Å². The first kappa shape index (κ1) is 9.92. The van der Waals surface area contributed by atoms with Crippen LogP contribution in [0.3, 0.4) is 0 Å². The number of halogens is 1. The Labute approximate surface area is 80.6 Å². The van der Waals surface area contributed by atoms with Crippen molar-refractivity contribution >= 4 is 32.0 Å². The number of aliphatic imine (C=N–C) groups is 1. The quantitative estimate of drug-likeness (QED) is 0.519. The standard InChI is InChI=1S/C7H10BrNO2S/c1-5-3-7(12(2,10)11)9-4-6(5)8/h3-4,6-7H,1-2H3. The Balaban J connectivity index is 2.95. The van der Waals surface area contributed by atoms with E-state index in [1.165, 1.54) is 6.26 Å². The van der Waals surface area contributed by atoms with Crippen LogP contribution in [0.15, 0.2) is 16.6 Å². The zero-order chi connectivity index (χ0) is 9.35. The molecule has 0 fully saturated rings. The van der Waals surface area contributed by atoms with E-state index in [4.69, 9.17) is 0 Å². The maximum absolute atomic E-state index is 11.1. The van der Waals surface area contributed by atoms with Crippen molar-refractivity contribution in [1.82, 2.24) is 0 Å². The topological polar surface area (TPSA) is 46.5 Å². The van der Waals surface area contributed by atoms with E-state index in [2.05, 4.69) is 20.9 Å². The molecule has 5 heteroatoms. The van der Waals surface area contributed by atoms with E-state index in [0.717, 1.165) is 5.57 Å². The van der Waals surface area contributed by atoms with Crippen LogP contribution < -0.4 is 0 Å². The van der Waals surface area contributed by atoms with E-state index < -0.39 is 15.2 Å². The van der Waals surface area contributed by atoms with Gasteiger partial charge in [0.15, 0.2) is 15.2 Å². The molecule has 2 atom stereocenters. The van der Waals surface area contributed by atoms with E-state index in [0.29, 0.717) is 0 Å². The Morgan fingerprint density at radius 2 is 2.17 bits per heavy atom. The minimum Gasteiger partial charge on any atom is -0.272 e. The fourth-order valence-electron chi connectivity index (χ4n) is 0.872. The predicted octanol–water partition coefficient (Wildman–Crippen LogP) is 1.15. The van der Waals surface area contributed by atoms with Gasteiger partial charge in [-0.3, -0.25) is 4.99 Å². The minimum atomic E-state index is -3.08. The first-order valence-corrected chi connectivity index (χ1v) is 6.33. The molecule has 0 N–H and O–H groups in total. The summed E-state index contributed by atoms with van der Waals surface area (Å²) in [6.07, 6.45) is 4.46. The number of alkyl halides is 1. The molecule has 0 aromatic heterocycles. The number of nitrogens with zero attached hydrogens (tertiary/aromatic N) is 1. The second-order valence-corrected chi connectivity index (χ2v) is 5.96. The SMILES string of the molecule is CC1=CC(S(C)(=O)=O)N=CC1Br. The Morgan fingerprint density at radius 1 is 1.58 bits per heavy atom. The molecule has 0 aromatic carbocycles. The first-order chi connectivity index (χ1) is 5.41. The third-order valence-electron chi connectivity index (χ3n) is 1.64. The van der Waals surface area contributed by atoms with Gasteiger partial charge in [-0.15, -0.1) is 0 Å². The van der Waals surface area contributed by atoms with Crippen LogP contribution in [0.25, 0.3) is 0 Å². The third-order valence-corrected chi connectivity index (χ3v) is 3.74. The van der Waals surface area contributed by atoms with Crippen molar-refractivity contribution in [3.8, 4) is 0 Å². The zero-order valence-electron chi connectivity index (χ0n) is 6.86. The summed E-state index contributed by atoms with van der Waals surface area (Å²) in [7, 11) is -3.08. The molecule has 0 aromatic rings. The summed E-state index contributed by atoms with van der Waals surface area (Å²) in [5.74, 6) is 0. The van der Waals surface area contributed by atoms with Crippen molar-refractivity contribution in [2.75, 3.05) is 6.26 Å². The molecule has 1 rings (SSSR count). The molecule has 0 spiro atoms. The van der Waals surface area contributed by atoms with Crippen LogP contribution in [0.2, 0.25) is 0 Å². The molecule has 0 bridgehead atoms. The van der Waals surface area contributed by atoms with Gasteiger partial charge in [-0.05, 0) is 13.0 Å². The lowest BCUT2D eigenvalue weighted by molar-refractivity contribution is 0.595. The molecule has 3 nitrogen and oxygen atoms in total. The van der Waals surface area contributed by atoms with Crippen LogP contribution >= 0.6 is 15.9 Å². The largest absolute Gasteiger partial charge is 0.272 e. The van der Waals surface area contributed by atoms with Crippen LogP contribution in [-0.2, 0) is 9.84 Å². The Hall–Kier alpha value is -0.160. The molecule has 0 saturated heterocycles. The number of hydrogen-bond donors (Lipinski definition) is 0. The van der Waals surface area contributed by atoms with Gasteiger partial charge in [-0.25, -0.2) is 8.42 Å². The Morgan fingerprint density at radius 3 is 2.58 bits per heavy atom. The van der Waals surface area contributed by atoms with E-state index in [1.54, 1.807) is 12.3 Å². The van der Waals surface area contributed by atoms with E-state index >= 15 is 0 Å². The van der Waals surface area contributed by atoms with Crippen molar-refractivity contribution in [1.29, 1.82) is 0 Å². The van der Waals surface area contributed by atoms with Crippen molar-refractivity contribution in [3.63, 3.8) is 0 Å².